The van der Waals surface area contributed by atoms with E-state index < -0.39 is 35.3 Å². The molecule has 0 radical (unpaired) electrons. The van der Waals surface area contributed by atoms with E-state index in [0.29, 0.717) is 12.2 Å². The van der Waals surface area contributed by atoms with Crippen LogP contribution in [0.5, 0.6) is 5.75 Å². The van der Waals surface area contributed by atoms with Crippen LogP contribution in [0.2, 0.25) is 0 Å². The van der Waals surface area contributed by atoms with Crippen LogP contribution in [0.1, 0.15) is 29.2 Å². The molecule has 3 aromatic carbocycles. The molecule has 0 saturated heterocycles. The summed E-state index contributed by atoms with van der Waals surface area (Å²) < 4.78 is 51.3. The second-order valence-corrected chi connectivity index (χ2v) is 10.5. The lowest BCUT2D eigenvalue weighted by Crippen LogP contribution is -2.52. The third-order valence-corrected chi connectivity index (χ3v) is 7.57. The van der Waals surface area contributed by atoms with Crippen LogP contribution in [0.25, 0.3) is 10.9 Å². The highest BCUT2D eigenvalue weighted by atomic mass is 19.4. The van der Waals surface area contributed by atoms with Crippen LogP contribution >= 0.6 is 0 Å². The van der Waals surface area contributed by atoms with Crippen LogP contribution in [0.3, 0.4) is 0 Å². The summed E-state index contributed by atoms with van der Waals surface area (Å²) in [7, 11) is 0. The zero-order valence-electron chi connectivity index (χ0n) is 22.5. The number of nitro benzene ring substituents is 1. The minimum absolute atomic E-state index is 0.0723. The number of halogens is 3. The number of aromatic nitrogens is 1. The average Bonchev–Trinajstić information content (AvgIpc) is 3.31. The maximum atomic E-state index is 14.8. The number of nitro groups is 1. The number of fused-ring (bicyclic) bond motifs is 2. The van der Waals surface area contributed by atoms with Crippen LogP contribution in [-0.2, 0) is 29.9 Å². The zero-order chi connectivity index (χ0) is 30.2. The van der Waals surface area contributed by atoms with Gasteiger partial charge in [-0.2, -0.15) is 13.2 Å². The van der Waals surface area contributed by atoms with E-state index in [1.165, 1.54) is 34.7 Å². The van der Waals surface area contributed by atoms with E-state index >= 15 is 0 Å². The van der Waals surface area contributed by atoms with E-state index in [0.717, 1.165) is 22.8 Å². The molecule has 2 unspecified atom stereocenters. The van der Waals surface area contributed by atoms with Crippen molar-refractivity contribution in [2.75, 3.05) is 13.1 Å². The van der Waals surface area contributed by atoms with Crippen LogP contribution in [-0.4, -0.2) is 55.9 Å². The molecule has 1 aliphatic rings. The maximum absolute atomic E-state index is 14.8. The molecule has 0 amide bonds. The summed E-state index contributed by atoms with van der Waals surface area (Å²) in [6.45, 7) is 1.12. The largest absolute Gasteiger partial charge is 0.479 e. The highest BCUT2D eigenvalue weighted by Crippen LogP contribution is 2.44. The van der Waals surface area contributed by atoms with Crippen molar-refractivity contribution in [2.24, 2.45) is 0 Å². The van der Waals surface area contributed by atoms with E-state index in [9.17, 15) is 33.2 Å². The summed E-state index contributed by atoms with van der Waals surface area (Å²) in [5, 5.41) is 32.1. The van der Waals surface area contributed by atoms with E-state index in [2.05, 4.69) is 0 Å². The molecule has 0 spiro atoms. The van der Waals surface area contributed by atoms with Crippen molar-refractivity contribution in [3.05, 3.63) is 105 Å². The molecular formula is C30H28F3N3O6. The molecule has 2 heterocycles. The molecule has 2 atom stereocenters. The summed E-state index contributed by atoms with van der Waals surface area (Å²) >= 11 is 0. The van der Waals surface area contributed by atoms with Crippen molar-refractivity contribution in [3.63, 3.8) is 0 Å². The quantitative estimate of drug-likeness (QED) is 0.204. The number of benzene rings is 3. The topological polar surface area (TPSA) is 118 Å². The van der Waals surface area contributed by atoms with Crippen LogP contribution < -0.4 is 4.74 Å². The van der Waals surface area contributed by atoms with Gasteiger partial charge in [-0.05, 0) is 48.2 Å². The molecule has 0 fully saturated rings. The second kappa shape index (κ2) is 11.1. The molecule has 0 aliphatic carbocycles. The van der Waals surface area contributed by atoms with Crippen molar-refractivity contribution in [1.82, 2.24) is 9.47 Å². The van der Waals surface area contributed by atoms with Gasteiger partial charge in [-0.25, -0.2) is 4.79 Å². The number of nitrogens with zero attached hydrogens (tertiary/aromatic N) is 3. The maximum Gasteiger partial charge on any atom is 0.422 e. The number of aliphatic hydroxyl groups is 1. The number of carboxylic acids is 1. The first-order valence-corrected chi connectivity index (χ1v) is 13.2. The van der Waals surface area contributed by atoms with Crippen LogP contribution in [0.4, 0.5) is 18.9 Å². The third kappa shape index (κ3) is 5.68. The first-order valence-electron chi connectivity index (χ1n) is 13.2. The Bertz CT molecular complexity index is 1640. The van der Waals surface area contributed by atoms with Crippen molar-refractivity contribution < 1.29 is 37.8 Å². The highest BCUT2D eigenvalue weighted by Gasteiger charge is 2.57. The molecule has 1 aromatic heterocycles. The van der Waals surface area contributed by atoms with Gasteiger partial charge in [0, 0.05) is 55.5 Å². The predicted molar refractivity (Wildman–Crippen MR) is 147 cm³/mol. The van der Waals surface area contributed by atoms with Gasteiger partial charge in [0.2, 0.25) is 5.60 Å². The molecule has 0 bridgehead atoms. The molecular weight excluding hydrogens is 555 g/mol. The summed E-state index contributed by atoms with van der Waals surface area (Å²) in [5.74, 6) is -0.769. The lowest BCUT2D eigenvalue weighted by atomic mass is 9.90. The Morgan fingerprint density at radius 2 is 1.83 bits per heavy atom. The fourth-order valence-electron chi connectivity index (χ4n) is 5.34. The van der Waals surface area contributed by atoms with Gasteiger partial charge in [0.05, 0.1) is 10.4 Å². The number of hydrogen-bond acceptors (Lipinski definition) is 6. The van der Waals surface area contributed by atoms with Gasteiger partial charge in [0.15, 0.2) is 6.10 Å². The van der Waals surface area contributed by atoms with Crippen molar-refractivity contribution in [1.29, 1.82) is 0 Å². The van der Waals surface area contributed by atoms with E-state index in [1.54, 1.807) is 48.5 Å². The molecule has 1 aliphatic heterocycles. The normalized spacial score (nSPS) is 16.0. The smallest absolute Gasteiger partial charge is 0.422 e. The fraction of sp³-hybridized carbons (Fsp3) is 0.300. The number of β-amino-alcohol motifs (C(OH)–C–C–N with tert-alkyl or cyclic N) is 1. The Morgan fingerprint density at radius 1 is 1.10 bits per heavy atom. The molecule has 0 saturated carbocycles. The Hall–Kier alpha value is -4.42. The van der Waals surface area contributed by atoms with Crippen LogP contribution in [0.15, 0.2) is 72.9 Å². The van der Waals surface area contributed by atoms with Crippen LogP contribution in [0, 0.1) is 10.1 Å². The summed E-state index contributed by atoms with van der Waals surface area (Å²) in [6, 6.07) is 17.5. The number of hydrogen-bond donors (Lipinski definition) is 2. The van der Waals surface area contributed by atoms with E-state index in [4.69, 9.17) is 9.84 Å². The molecule has 9 nitrogen and oxygen atoms in total. The molecule has 220 valence electrons. The lowest BCUT2D eigenvalue weighted by Gasteiger charge is -2.38. The monoisotopic (exact) mass is 583 g/mol. The number of alkyl halides is 3. The number of ether oxygens (including phenoxy) is 1. The average molecular weight is 584 g/mol. The van der Waals surface area contributed by atoms with Gasteiger partial charge >= 0.3 is 12.1 Å². The molecule has 4 aromatic rings. The minimum Gasteiger partial charge on any atom is -0.479 e. The lowest BCUT2D eigenvalue weighted by molar-refractivity contribution is -0.384. The van der Waals surface area contributed by atoms with E-state index in [-0.39, 0.29) is 41.8 Å². The SMILES string of the molecule is CC(Oc1ccc2c(c1)CCN(CC(O)(c1cn(Cc3ccccc3)c3cc([N+](=O)[O-])ccc13)C(F)(F)F)C2)C(=O)O. The van der Waals surface area contributed by atoms with Crippen molar-refractivity contribution in [2.45, 2.75) is 44.3 Å². The molecule has 2 N–H and O–H groups in total. The van der Waals surface area contributed by atoms with Crippen molar-refractivity contribution >= 4 is 22.6 Å². The number of carboxylic acid groups (broad SMARTS) is 1. The Morgan fingerprint density at radius 3 is 2.50 bits per heavy atom. The third-order valence-electron chi connectivity index (χ3n) is 7.57. The number of non-ortho nitro benzene ring substituents is 1. The number of rotatable bonds is 9. The minimum atomic E-state index is -5.06. The van der Waals surface area contributed by atoms with Gasteiger partial charge in [0.25, 0.3) is 5.69 Å². The first-order chi connectivity index (χ1) is 19.9. The van der Waals surface area contributed by atoms with Gasteiger partial charge in [-0.3, -0.25) is 15.0 Å². The fourth-order valence-corrected chi connectivity index (χ4v) is 5.34. The van der Waals surface area contributed by atoms with E-state index in [1.807, 2.05) is 0 Å². The van der Waals surface area contributed by atoms with Crippen molar-refractivity contribution in [3.8, 4) is 5.75 Å². The highest BCUT2D eigenvalue weighted by molar-refractivity contribution is 5.87. The standard InChI is InChI=1S/C30H28F3N3O6/c1-19(28(37)38)42-24-9-7-22-16-34(12-11-21(22)13-24)18-29(39,30(31,32)33)26-17-35(15-20-5-3-2-4-6-20)27-14-23(36(40)41)8-10-25(26)27/h2-10,13-14,17,19,39H,11-12,15-16,18H2,1H3,(H,37,38). The Labute approximate surface area is 238 Å². The van der Waals surface area contributed by atoms with Gasteiger partial charge in [-0.15, -0.1) is 0 Å². The zero-order valence-corrected chi connectivity index (χ0v) is 22.5. The predicted octanol–water partition coefficient (Wildman–Crippen LogP) is 5.26. The summed E-state index contributed by atoms with van der Waals surface area (Å²) in [5.41, 5.74) is -1.39. The number of carbonyl (C=O) groups is 1. The molecule has 12 heteroatoms. The van der Waals surface area contributed by atoms with Gasteiger partial charge < -0.3 is 19.5 Å². The molecule has 5 rings (SSSR count). The summed E-state index contributed by atoms with van der Waals surface area (Å²) in [6.07, 6.45) is -4.52. The van der Waals surface area contributed by atoms with Gasteiger partial charge in [-0.1, -0.05) is 36.4 Å². The Kier molecular flexibility index (Phi) is 7.69. The number of aliphatic carboxylic acids is 1. The second-order valence-electron chi connectivity index (χ2n) is 10.5. The molecule has 42 heavy (non-hydrogen) atoms. The first kappa shape index (κ1) is 29.1. The Balaban J connectivity index is 1.49. The summed E-state index contributed by atoms with van der Waals surface area (Å²) in [4.78, 5) is 23.5. The van der Waals surface area contributed by atoms with Gasteiger partial charge in [0.1, 0.15) is 5.75 Å².